The normalized spacial score (nSPS) is 15.6. The van der Waals surface area contributed by atoms with Crippen molar-refractivity contribution in [3.05, 3.63) is 194 Å². The van der Waals surface area contributed by atoms with E-state index in [9.17, 15) is 9.60 Å². The van der Waals surface area contributed by atoms with E-state index in [1.54, 1.807) is 24.3 Å². The van der Waals surface area contributed by atoms with Gasteiger partial charge in [-0.2, -0.15) is 0 Å². The van der Waals surface area contributed by atoms with Crippen LogP contribution in [0.3, 0.4) is 0 Å². The van der Waals surface area contributed by atoms with Crippen molar-refractivity contribution in [2.24, 2.45) is 0 Å². The fraction of sp³-hybridized carbons (Fsp3) is 0. The molecule has 5 nitrogen and oxygen atoms in total. The number of furan rings is 1. The Morgan fingerprint density at radius 1 is 0.411 bits per heavy atom. The van der Waals surface area contributed by atoms with E-state index in [2.05, 4.69) is 0 Å². The molecule has 11 aromatic rings. The molecule has 0 radical (unpaired) electrons. The molecule has 5 heteroatoms. The summed E-state index contributed by atoms with van der Waals surface area (Å²) in [7, 11) is 0. The van der Waals surface area contributed by atoms with Gasteiger partial charge in [0.2, 0.25) is 0 Å². The highest BCUT2D eigenvalue weighted by Crippen LogP contribution is 2.39. The fourth-order valence-corrected chi connectivity index (χ4v) is 6.92. The van der Waals surface area contributed by atoms with Crippen LogP contribution in [0.25, 0.3) is 106 Å². The predicted octanol–water partition coefficient (Wildman–Crippen LogP) is 13.2. The van der Waals surface area contributed by atoms with Crippen molar-refractivity contribution in [3.8, 4) is 62.1 Å². The minimum atomic E-state index is -0.843. The molecular formula is C51H32N4O. The summed E-state index contributed by atoms with van der Waals surface area (Å²) in [6.07, 6.45) is 0. The van der Waals surface area contributed by atoms with Gasteiger partial charge in [0, 0.05) is 49.5 Å². The zero-order chi connectivity index (χ0) is 50.9. The van der Waals surface area contributed by atoms with Gasteiger partial charge in [0.15, 0.2) is 17.5 Å². The van der Waals surface area contributed by atoms with Crippen LogP contribution in [0.5, 0.6) is 0 Å². The summed E-state index contributed by atoms with van der Waals surface area (Å²) in [4.78, 5) is 14.6. The van der Waals surface area contributed by atoms with E-state index >= 15 is 0 Å². The number of hydrogen-bond donors (Lipinski definition) is 0. The maximum atomic E-state index is 9.42. The molecule has 262 valence electrons. The highest BCUT2D eigenvalue weighted by molar-refractivity contribution is 6.14. The molecule has 0 saturated carbocycles. The van der Waals surface area contributed by atoms with Crippen molar-refractivity contribution in [2.75, 3.05) is 0 Å². The summed E-state index contributed by atoms with van der Waals surface area (Å²) in [5.74, 6) is 0.966. The van der Waals surface area contributed by atoms with Crippen molar-refractivity contribution < 1.29 is 26.3 Å². The molecule has 0 aliphatic carbocycles. The average Bonchev–Trinajstić information content (AvgIpc) is 3.95. The number of para-hydroxylation sites is 3. The number of nitrogens with zero attached hydrogens (tertiary/aromatic N) is 4. The Kier molecular flexibility index (Phi) is 4.57. The summed E-state index contributed by atoms with van der Waals surface area (Å²) >= 11 is 0. The van der Waals surface area contributed by atoms with Crippen LogP contribution in [0, 0.1) is 0 Å². The first-order chi connectivity index (χ1) is 34.4. The summed E-state index contributed by atoms with van der Waals surface area (Å²) in [6.45, 7) is 0. The van der Waals surface area contributed by atoms with E-state index in [-0.39, 0.29) is 38.8 Å². The maximum Gasteiger partial charge on any atom is 0.164 e. The smallest absolute Gasteiger partial charge is 0.164 e. The Balaban J connectivity index is 1.16. The van der Waals surface area contributed by atoms with Crippen molar-refractivity contribution >= 4 is 43.7 Å². The zero-order valence-corrected chi connectivity index (χ0v) is 28.9. The van der Waals surface area contributed by atoms with Crippen molar-refractivity contribution in [2.45, 2.75) is 0 Å². The van der Waals surface area contributed by atoms with Crippen LogP contribution in [0.1, 0.15) is 21.9 Å². The summed E-state index contributed by atoms with van der Waals surface area (Å²) in [5.41, 5.74) is 0.939. The summed E-state index contributed by atoms with van der Waals surface area (Å²) in [6, 6.07) is 17.5. The van der Waals surface area contributed by atoms with Crippen molar-refractivity contribution in [3.63, 3.8) is 0 Å². The topological polar surface area (TPSA) is 56.7 Å². The van der Waals surface area contributed by atoms with Crippen LogP contribution in [0.2, 0.25) is 0 Å². The van der Waals surface area contributed by atoms with Crippen LogP contribution < -0.4 is 0 Å². The molecule has 8 aromatic carbocycles. The SMILES string of the molecule is [2H]c1c([2H])c([2H])c(-c2c([2H])c([2H])c(-n3c4c([2H])c([2H])c([2H])c([2H])c4c4c([2H])c([2H])c([2H])c(-c5ccc(-c6nc(-c7ccccc7)nc(-c7ccc8c(c7)oc7ccccc78)n6)cc5)c43)c([2H])c2[2H])c([2H])c1[2H]. The number of rotatable bonds is 6. The van der Waals surface area contributed by atoms with Gasteiger partial charge >= 0.3 is 0 Å². The molecule has 0 aliphatic rings. The first-order valence-corrected chi connectivity index (χ1v) is 17.5. The number of benzene rings is 8. The highest BCUT2D eigenvalue weighted by Gasteiger charge is 2.18. The van der Waals surface area contributed by atoms with Gasteiger partial charge in [0.05, 0.1) is 33.0 Å². The van der Waals surface area contributed by atoms with Gasteiger partial charge in [-0.15, -0.1) is 0 Å². The molecule has 0 N–H and O–H groups in total. The van der Waals surface area contributed by atoms with E-state index in [1.165, 1.54) is 0 Å². The molecule has 0 aliphatic heterocycles. The van der Waals surface area contributed by atoms with Crippen LogP contribution in [-0.4, -0.2) is 19.5 Å². The molecule has 3 aromatic heterocycles. The molecule has 0 amide bonds. The molecule has 0 unspecified atom stereocenters. The van der Waals surface area contributed by atoms with Gasteiger partial charge in [-0.1, -0.05) is 157 Å². The molecular weight excluding hydrogens is 685 g/mol. The van der Waals surface area contributed by atoms with Crippen molar-refractivity contribution in [1.82, 2.24) is 19.5 Å². The molecule has 0 bridgehead atoms. The second-order valence-corrected chi connectivity index (χ2v) is 12.8. The monoisotopic (exact) mass is 732 g/mol. The zero-order valence-electron chi connectivity index (χ0n) is 44.9. The van der Waals surface area contributed by atoms with Gasteiger partial charge in [0.1, 0.15) is 11.2 Å². The largest absolute Gasteiger partial charge is 0.456 e. The van der Waals surface area contributed by atoms with Crippen LogP contribution in [0.15, 0.2) is 198 Å². The Labute approximate surface area is 345 Å². The third-order valence-corrected chi connectivity index (χ3v) is 9.54. The fourth-order valence-electron chi connectivity index (χ4n) is 6.92. The number of hydrogen-bond acceptors (Lipinski definition) is 4. The lowest BCUT2D eigenvalue weighted by Gasteiger charge is -2.13. The van der Waals surface area contributed by atoms with Gasteiger partial charge in [-0.25, -0.2) is 15.0 Å². The molecule has 0 atom stereocenters. The quantitative estimate of drug-likeness (QED) is 0.171. The number of fused-ring (bicyclic) bond motifs is 6. The van der Waals surface area contributed by atoms with E-state index in [0.29, 0.717) is 33.9 Å². The third kappa shape index (κ3) is 5.37. The average molecular weight is 733 g/mol. The standard InChI is InChI=1S/C51H32N4O/c1-3-12-33(13-4-1)34-26-29-39(30-27-34)55-45-20-9-7-16-41(45)44-19-11-18-40(48(44)55)35-22-24-37(25-23-35)50-52-49(36-14-5-2-6-15-36)53-51(54-50)38-28-31-43-42-17-8-10-21-46(42)56-47(43)32-38/h1-32H/i1D,3D,4D,7D,9D,11D,12D,13D,16D,18D,19D,20D,26D,27D,29D,30D. The van der Waals surface area contributed by atoms with Crippen LogP contribution in [-0.2, 0) is 0 Å². The summed E-state index contributed by atoms with van der Waals surface area (Å²) < 4.78 is 149. The van der Waals surface area contributed by atoms with E-state index in [1.807, 2.05) is 72.8 Å². The van der Waals surface area contributed by atoms with Gasteiger partial charge < -0.3 is 8.98 Å². The second kappa shape index (κ2) is 13.0. The highest BCUT2D eigenvalue weighted by atomic mass is 16.3. The second-order valence-electron chi connectivity index (χ2n) is 12.8. The molecule has 56 heavy (non-hydrogen) atoms. The van der Waals surface area contributed by atoms with E-state index in [0.717, 1.165) is 20.9 Å². The van der Waals surface area contributed by atoms with Crippen LogP contribution in [0.4, 0.5) is 0 Å². The lowest BCUT2D eigenvalue weighted by Crippen LogP contribution is -2.00. The Morgan fingerprint density at radius 2 is 1.02 bits per heavy atom. The molecule has 3 heterocycles. The lowest BCUT2D eigenvalue weighted by atomic mass is 10.0. The Bertz CT molecular complexity index is 4120. The minimum absolute atomic E-state index is 0.0994. The van der Waals surface area contributed by atoms with E-state index in [4.69, 9.17) is 31.7 Å². The Hall–Kier alpha value is -7.63. The van der Waals surface area contributed by atoms with Gasteiger partial charge in [-0.3, -0.25) is 0 Å². The van der Waals surface area contributed by atoms with E-state index < -0.39 is 113 Å². The Morgan fingerprint density at radius 3 is 1.82 bits per heavy atom. The molecule has 0 saturated heterocycles. The first kappa shape index (κ1) is 19.6. The minimum Gasteiger partial charge on any atom is -0.456 e. The number of aromatic nitrogens is 4. The van der Waals surface area contributed by atoms with Gasteiger partial charge in [-0.05, 0) is 53.0 Å². The van der Waals surface area contributed by atoms with Crippen LogP contribution >= 0.6 is 0 Å². The molecule has 11 rings (SSSR count). The molecule has 0 fully saturated rings. The maximum absolute atomic E-state index is 9.42. The summed E-state index contributed by atoms with van der Waals surface area (Å²) in [5, 5.41) is 1.35. The van der Waals surface area contributed by atoms with Crippen molar-refractivity contribution in [1.29, 1.82) is 0 Å². The first-order valence-electron chi connectivity index (χ1n) is 25.5. The predicted molar refractivity (Wildman–Crippen MR) is 229 cm³/mol. The molecule has 0 spiro atoms. The van der Waals surface area contributed by atoms with Gasteiger partial charge in [0.25, 0.3) is 0 Å². The lowest BCUT2D eigenvalue weighted by molar-refractivity contribution is 0.669. The third-order valence-electron chi connectivity index (χ3n) is 9.54.